The lowest BCUT2D eigenvalue weighted by Gasteiger charge is -2.32. The number of likely N-dealkylation sites (N-methyl/N-ethyl adjacent to an activating group) is 1. The van der Waals surface area contributed by atoms with Gasteiger partial charge in [0.2, 0.25) is 0 Å². The van der Waals surface area contributed by atoms with Crippen LogP contribution in [0.2, 0.25) is 5.02 Å². The number of nitrogens with zero attached hydrogens (tertiary/aromatic N) is 3. The molecule has 1 fully saturated rings. The minimum absolute atomic E-state index is 0.0984. The molecule has 5 nitrogen and oxygen atoms in total. The van der Waals surface area contributed by atoms with E-state index in [4.69, 9.17) is 11.6 Å². The molecule has 1 aromatic rings. The van der Waals surface area contributed by atoms with Crippen LogP contribution in [0.3, 0.4) is 0 Å². The summed E-state index contributed by atoms with van der Waals surface area (Å²) in [5, 5.41) is 12.8. The molecule has 1 heterocycles. The Hall–Kier alpha value is -2.03. The molecule has 0 aliphatic carbocycles. The molecule has 1 amide bonds. The summed E-state index contributed by atoms with van der Waals surface area (Å²) in [4.78, 5) is 16.2. The monoisotopic (exact) mass is 318 g/mol. The van der Waals surface area contributed by atoms with E-state index in [1.807, 2.05) is 32.2 Å². The maximum absolute atomic E-state index is 12.3. The Morgan fingerprint density at radius 1 is 1.36 bits per heavy atom. The van der Waals surface area contributed by atoms with Crippen molar-refractivity contribution in [2.24, 2.45) is 0 Å². The normalized spacial score (nSPS) is 16.3. The van der Waals surface area contributed by atoms with Gasteiger partial charge in [-0.05, 0) is 31.7 Å². The molecule has 0 radical (unpaired) electrons. The Kier molecular flexibility index (Phi) is 5.42. The lowest BCUT2D eigenvalue weighted by molar-refractivity contribution is -0.128. The molecular formula is C16H19ClN4O. The van der Waals surface area contributed by atoms with Crippen molar-refractivity contribution in [1.29, 1.82) is 5.26 Å². The number of halogens is 1. The van der Waals surface area contributed by atoms with E-state index < -0.39 is 0 Å². The van der Waals surface area contributed by atoms with Crippen molar-refractivity contribution < 1.29 is 4.79 Å². The van der Waals surface area contributed by atoms with E-state index in [1.165, 1.54) is 6.20 Å². The summed E-state index contributed by atoms with van der Waals surface area (Å²) in [6.07, 6.45) is 1.45. The molecule has 116 valence electrons. The van der Waals surface area contributed by atoms with Crippen molar-refractivity contribution in [3.63, 3.8) is 0 Å². The van der Waals surface area contributed by atoms with Crippen LogP contribution in [-0.2, 0) is 4.79 Å². The molecule has 0 bridgehead atoms. The molecule has 2 rings (SSSR count). The Balaban J connectivity index is 2.05. The fourth-order valence-corrected chi connectivity index (χ4v) is 2.34. The van der Waals surface area contributed by atoms with Gasteiger partial charge >= 0.3 is 0 Å². The standard InChI is InChI=1S/C16H19ClN4O/c1-12-3-4-14(9-15(12)17)19-11-13(10-18)16(22)21-7-5-20(2)6-8-21/h3-4,9,11,19H,5-8H2,1-2H3/b13-11-. The molecule has 1 aliphatic heterocycles. The van der Waals surface area contributed by atoms with Gasteiger partial charge in [0.1, 0.15) is 11.6 Å². The van der Waals surface area contributed by atoms with Gasteiger partial charge in [-0.3, -0.25) is 4.79 Å². The number of hydrogen-bond donors (Lipinski definition) is 1. The highest BCUT2D eigenvalue weighted by Crippen LogP contribution is 2.20. The first-order valence-corrected chi connectivity index (χ1v) is 7.50. The van der Waals surface area contributed by atoms with Gasteiger partial charge in [-0.2, -0.15) is 5.26 Å². The topological polar surface area (TPSA) is 59.4 Å². The summed E-state index contributed by atoms with van der Waals surface area (Å²) >= 11 is 6.06. The second-order valence-electron chi connectivity index (χ2n) is 5.37. The molecule has 22 heavy (non-hydrogen) atoms. The second-order valence-corrected chi connectivity index (χ2v) is 5.78. The Morgan fingerprint density at radius 3 is 2.64 bits per heavy atom. The lowest BCUT2D eigenvalue weighted by atomic mass is 10.2. The predicted molar refractivity (Wildman–Crippen MR) is 87.6 cm³/mol. The lowest BCUT2D eigenvalue weighted by Crippen LogP contribution is -2.47. The number of hydrogen-bond acceptors (Lipinski definition) is 4. The van der Waals surface area contributed by atoms with Crippen LogP contribution in [0.4, 0.5) is 5.69 Å². The van der Waals surface area contributed by atoms with E-state index in [-0.39, 0.29) is 11.5 Å². The molecular weight excluding hydrogens is 300 g/mol. The van der Waals surface area contributed by atoms with Gasteiger partial charge in [-0.25, -0.2) is 0 Å². The van der Waals surface area contributed by atoms with Gasteiger partial charge in [0, 0.05) is 43.1 Å². The van der Waals surface area contributed by atoms with E-state index in [2.05, 4.69) is 10.2 Å². The molecule has 1 N–H and O–H groups in total. The van der Waals surface area contributed by atoms with E-state index >= 15 is 0 Å². The van der Waals surface area contributed by atoms with Crippen LogP contribution in [-0.4, -0.2) is 48.9 Å². The van der Waals surface area contributed by atoms with Crippen molar-refractivity contribution in [1.82, 2.24) is 9.80 Å². The van der Waals surface area contributed by atoms with Crippen LogP contribution in [0.1, 0.15) is 5.56 Å². The predicted octanol–water partition coefficient (Wildman–Crippen LogP) is 2.24. The second kappa shape index (κ2) is 7.30. The maximum Gasteiger partial charge on any atom is 0.266 e. The van der Waals surface area contributed by atoms with Crippen LogP contribution in [0.25, 0.3) is 0 Å². The first-order valence-electron chi connectivity index (χ1n) is 7.12. The molecule has 0 aromatic heterocycles. The minimum Gasteiger partial charge on any atom is -0.360 e. The number of piperazine rings is 1. The molecule has 1 aliphatic rings. The van der Waals surface area contributed by atoms with E-state index in [1.54, 1.807) is 11.0 Å². The number of carbonyl (C=O) groups excluding carboxylic acids is 1. The smallest absolute Gasteiger partial charge is 0.266 e. The van der Waals surface area contributed by atoms with Gasteiger partial charge < -0.3 is 15.1 Å². The highest BCUT2D eigenvalue weighted by molar-refractivity contribution is 6.31. The average molecular weight is 319 g/mol. The van der Waals surface area contributed by atoms with Gasteiger partial charge in [-0.15, -0.1) is 0 Å². The van der Waals surface area contributed by atoms with Gasteiger partial charge in [0.15, 0.2) is 0 Å². The Labute approximate surface area is 135 Å². The first-order chi connectivity index (χ1) is 10.5. The average Bonchev–Trinajstić information content (AvgIpc) is 2.52. The van der Waals surface area contributed by atoms with E-state index in [9.17, 15) is 10.1 Å². The van der Waals surface area contributed by atoms with Gasteiger partial charge in [-0.1, -0.05) is 17.7 Å². The number of nitriles is 1. The molecule has 0 saturated carbocycles. The van der Waals surface area contributed by atoms with Gasteiger partial charge in [0.05, 0.1) is 0 Å². The molecule has 6 heteroatoms. The van der Waals surface area contributed by atoms with Crippen LogP contribution < -0.4 is 5.32 Å². The highest BCUT2D eigenvalue weighted by atomic mass is 35.5. The number of rotatable bonds is 3. The van der Waals surface area contributed by atoms with Crippen molar-refractivity contribution in [2.75, 3.05) is 38.5 Å². The summed E-state index contributed by atoms with van der Waals surface area (Å²) in [6, 6.07) is 7.47. The molecule has 0 spiro atoms. The maximum atomic E-state index is 12.3. The number of carbonyl (C=O) groups is 1. The summed E-state index contributed by atoms with van der Waals surface area (Å²) in [5.41, 5.74) is 1.82. The highest BCUT2D eigenvalue weighted by Gasteiger charge is 2.22. The van der Waals surface area contributed by atoms with Gasteiger partial charge in [0.25, 0.3) is 5.91 Å². The molecule has 1 saturated heterocycles. The van der Waals surface area contributed by atoms with E-state index in [0.717, 1.165) is 24.3 Å². The zero-order chi connectivity index (χ0) is 16.1. The third kappa shape index (κ3) is 4.00. The molecule has 1 aromatic carbocycles. The van der Waals surface area contributed by atoms with Crippen LogP contribution in [0.15, 0.2) is 30.0 Å². The van der Waals surface area contributed by atoms with Crippen LogP contribution >= 0.6 is 11.6 Å². The molecule has 0 atom stereocenters. The summed E-state index contributed by atoms with van der Waals surface area (Å²) in [5.74, 6) is -0.235. The zero-order valence-electron chi connectivity index (χ0n) is 12.8. The number of amides is 1. The largest absolute Gasteiger partial charge is 0.360 e. The number of nitrogens with one attached hydrogen (secondary N) is 1. The van der Waals surface area contributed by atoms with Crippen molar-refractivity contribution in [3.05, 3.63) is 40.6 Å². The number of aryl methyl sites for hydroxylation is 1. The Bertz CT molecular complexity index is 628. The third-order valence-electron chi connectivity index (χ3n) is 3.70. The summed E-state index contributed by atoms with van der Waals surface area (Å²) < 4.78 is 0. The number of benzene rings is 1. The van der Waals surface area contributed by atoms with Crippen LogP contribution in [0, 0.1) is 18.3 Å². The van der Waals surface area contributed by atoms with E-state index in [0.29, 0.717) is 18.1 Å². The quantitative estimate of drug-likeness (QED) is 0.686. The van der Waals surface area contributed by atoms with Crippen molar-refractivity contribution in [3.8, 4) is 6.07 Å². The fraction of sp³-hybridized carbons (Fsp3) is 0.375. The Morgan fingerprint density at radius 2 is 2.05 bits per heavy atom. The molecule has 0 unspecified atom stereocenters. The first kappa shape index (κ1) is 16.3. The fourth-order valence-electron chi connectivity index (χ4n) is 2.16. The number of anilines is 1. The third-order valence-corrected chi connectivity index (χ3v) is 4.10. The SMILES string of the molecule is Cc1ccc(N/C=C(/C#N)C(=O)N2CCN(C)CC2)cc1Cl. The summed E-state index contributed by atoms with van der Waals surface area (Å²) in [7, 11) is 2.02. The van der Waals surface area contributed by atoms with Crippen LogP contribution in [0.5, 0.6) is 0 Å². The van der Waals surface area contributed by atoms with Crippen molar-refractivity contribution >= 4 is 23.2 Å². The van der Waals surface area contributed by atoms with Crippen molar-refractivity contribution in [2.45, 2.75) is 6.92 Å². The zero-order valence-corrected chi connectivity index (χ0v) is 13.5. The minimum atomic E-state index is -0.235. The summed E-state index contributed by atoms with van der Waals surface area (Å²) in [6.45, 7) is 4.85.